The van der Waals surface area contributed by atoms with Gasteiger partial charge in [-0.25, -0.2) is 4.39 Å². The number of carbonyl (C=O) groups excluding carboxylic acids is 1. The monoisotopic (exact) mass is 374 g/mol. The van der Waals surface area contributed by atoms with E-state index >= 15 is 0 Å². The van der Waals surface area contributed by atoms with Crippen molar-refractivity contribution in [3.63, 3.8) is 0 Å². The summed E-state index contributed by atoms with van der Waals surface area (Å²) < 4.78 is 13.1. The Morgan fingerprint density at radius 3 is 2.63 bits per heavy atom. The van der Waals surface area contributed by atoms with E-state index in [0.29, 0.717) is 30.2 Å². The molecular weight excluding hydrogens is 343 g/mol. The molecule has 1 amide bonds. The van der Waals surface area contributed by atoms with Crippen LogP contribution in [0.5, 0.6) is 0 Å². The molecule has 4 fully saturated rings. The highest BCUT2D eigenvalue weighted by Gasteiger charge is 2.36. The number of fused-ring (bicyclic) bond motifs is 4. The predicted molar refractivity (Wildman–Crippen MR) is 103 cm³/mol. The molecule has 5 nitrogen and oxygen atoms in total. The predicted octanol–water partition coefficient (Wildman–Crippen LogP) is 2.14. The smallest absolute Gasteiger partial charge is 0.222 e. The van der Waals surface area contributed by atoms with Crippen LogP contribution >= 0.6 is 0 Å². The Labute approximate surface area is 161 Å². The Kier molecular flexibility index (Phi) is 6.05. The summed E-state index contributed by atoms with van der Waals surface area (Å²) in [5.41, 5.74) is 7.47. The van der Waals surface area contributed by atoms with Crippen molar-refractivity contribution >= 4 is 5.91 Å². The summed E-state index contributed by atoms with van der Waals surface area (Å²) in [6, 6.07) is 7.15. The van der Waals surface area contributed by atoms with Gasteiger partial charge >= 0.3 is 0 Å². The van der Waals surface area contributed by atoms with Crippen molar-refractivity contribution in [2.75, 3.05) is 32.7 Å². The number of halogens is 1. The molecule has 4 saturated heterocycles. The number of hydrogen-bond acceptors (Lipinski definition) is 4. The van der Waals surface area contributed by atoms with Gasteiger partial charge in [-0.3, -0.25) is 20.5 Å². The van der Waals surface area contributed by atoms with E-state index in [0.717, 1.165) is 64.1 Å². The number of rotatable bonds is 6. The minimum absolute atomic E-state index is 0.185. The Morgan fingerprint density at radius 1 is 1.07 bits per heavy atom. The highest BCUT2D eigenvalue weighted by atomic mass is 19.1. The number of hydrazine groups is 1. The molecule has 148 valence electrons. The molecule has 4 aliphatic rings. The zero-order valence-corrected chi connectivity index (χ0v) is 16.0. The number of nitrogens with one attached hydrogen (secondary N) is 2. The average molecular weight is 375 g/mol. The third kappa shape index (κ3) is 4.86. The minimum atomic E-state index is -0.185. The molecule has 6 heteroatoms. The van der Waals surface area contributed by atoms with Crippen LogP contribution in [0.15, 0.2) is 24.3 Å². The summed E-state index contributed by atoms with van der Waals surface area (Å²) in [4.78, 5) is 17.5. The highest BCUT2D eigenvalue weighted by molar-refractivity contribution is 5.76. The second kappa shape index (κ2) is 8.67. The molecule has 4 aliphatic heterocycles. The lowest BCUT2D eigenvalue weighted by atomic mass is 9.94. The fraction of sp³-hybridized carbons (Fsp3) is 0.667. The van der Waals surface area contributed by atoms with Gasteiger partial charge in [-0.05, 0) is 55.2 Å². The van der Waals surface area contributed by atoms with E-state index in [9.17, 15) is 9.18 Å². The summed E-state index contributed by atoms with van der Waals surface area (Å²) in [7, 11) is 0. The zero-order valence-electron chi connectivity index (χ0n) is 16.0. The molecule has 1 aromatic carbocycles. The molecule has 0 saturated carbocycles. The van der Waals surface area contributed by atoms with E-state index in [2.05, 4.69) is 20.7 Å². The minimum Gasteiger partial charge on any atom is -0.338 e. The number of nitrogens with zero attached hydrogens (tertiary/aromatic N) is 2. The van der Waals surface area contributed by atoms with Crippen LogP contribution in [0.3, 0.4) is 0 Å². The lowest BCUT2D eigenvalue weighted by Gasteiger charge is -2.36. The first-order valence-corrected chi connectivity index (χ1v) is 10.4. The largest absolute Gasteiger partial charge is 0.338 e. The van der Waals surface area contributed by atoms with Crippen LogP contribution in [0.2, 0.25) is 0 Å². The van der Waals surface area contributed by atoms with Crippen LogP contribution in [-0.4, -0.2) is 54.5 Å². The molecule has 4 heterocycles. The summed E-state index contributed by atoms with van der Waals surface area (Å²) in [5.74, 6) is 1.38. The van der Waals surface area contributed by atoms with Gasteiger partial charge in [-0.1, -0.05) is 12.1 Å². The second-order valence-electron chi connectivity index (χ2n) is 8.48. The Balaban J connectivity index is 1.30. The number of carbonyl (C=O) groups is 1. The van der Waals surface area contributed by atoms with E-state index in [1.165, 1.54) is 18.6 Å². The van der Waals surface area contributed by atoms with E-state index in [-0.39, 0.29) is 5.82 Å². The van der Waals surface area contributed by atoms with Gasteiger partial charge in [0.15, 0.2) is 0 Å². The molecule has 27 heavy (non-hydrogen) atoms. The van der Waals surface area contributed by atoms with E-state index in [4.69, 9.17) is 0 Å². The van der Waals surface area contributed by atoms with Crippen molar-refractivity contribution in [1.29, 1.82) is 0 Å². The quantitative estimate of drug-likeness (QED) is 0.801. The molecular formula is C21H31FN4O. The van der Waals surface area contributed by atoms with Gasteiger partial charge in [-0.2, -0.15) is 0 Å². The average Bonchev–Trinajstić information content (AvgIpc) is 3.03. The summed E-state index contributed by atoms with van der Waals surface area (Å²) in [5, 5.41) is 0. The molecule has 2 N–H and O–H groups in total. The first-order valence-electron chi connectivity index (χ1n) is 10.4. The topological polar surface area (TPSA) is 47.6 Å². The number of amides is 1. The maximum absolute atomic E-state index is 13.1. The molecule has 0 aromatic heterocycles. The van der Waals surface area contributed by atoms with Crippen molar-refractivity contribution in [2.45, 2.75) is 44.7 Å². The Morgan fingerprint density at radius 2 is 1.85 bits per heavy atom. The molecule has 5 rings (SSSR count). The van der Waals surface area contributed by atoms with E-state index < -0.39 is 0 Å². The zero-order chi connectivity index (χ0) is 18.6. The normalized spacial score (nSPS) is 26.5. The first kappa shape index (κ1) is 18.8. The molecule has 0 aliphatic carbocycles. The molecule has 1 aromatic rings. The summed E-state index contributed by atoms with van der Waals surface area (Å²) in [6.45, 7) is 5.77. The van der Waals surface area contributed by atoms with Crippen LogP contribution in [-0.2, 0) is 11.3 Å². The summed E-state index contributed by atoms with van der Waals surface area (Å²) in [6.07, 6.45) is 5.11. The standard InChI is InChI=1S/C21H31FN4O/c22-19-7-4-16(5-8-19)12-25-13-18-6-9-20(15-25)26(14-18)21(27)3-1-2-17-10-23-24-11-17/h4-5,7-8,17-18,20,23-24H,1-3,6,9-15H2/t18-,20+/m0/s1. The third-order valence-electron chi connectivity index (χ3n) is 6.34. The molecule has 2 bridgehead atoms. The van der Waals surface area contributed by atoms with Gasteiger partial charge in [0.2, 0.25) is 5.91 Å². The van der Waals surface area contributed by atoms with Gasteiger partial charge in [0.1, 0.15) is 5.82 Å². The summed E-state index contributed by atoms with van der Waals surface area (Å²) >= 11 is 0. The Hall–Kier alpha value is -1.50. The third-order valence-corrected chi connectivity index (χ3v) is 6.34. The molecule has 0 spiro atoms. The van der Waals surface area contributed by atoms with Crippen molar-refractivity contribution in [3.8, 4) is 0 Å². The first-order chi connectivity index (χ1) is 13.2. The Bertz CT molecular complexity index is 632. The molecule has 2 atom stereocenters. The van der Waals surface area contributed by atoms with E-state index in [1.807, 2.05) is 12.1 Å². The van der Waals surface area contributed by atoms with Gasteiger partial charge < -0.3 is 4.90 Å². The fourth-order valence-electron chi connectivity index (χ4n) is 4.86. The van der Waals surface area contributed by atoms with Crippen molar-refractivity contribution in [2.24, 2.45) is 11.8 Å². The van der Waals surface area contributed by atoms with Gasteiger partial charge in [0.05, 0.1) is 0 Å². The maximum atomic E-state index is 13.1. The van der Waals surface area contributed by atoms with Crippen molar-refractivity contribution < 1.29 is 9.18 Å². The van der Waals surface area contributed by atoms with Gasteiger partial charge in [0, 0.05) is 51.7 Å². The van der Waals surface area contributed by atoms with Crippen LogP contribution in [0, 0.1) is 17.7 Å². The second-order valence-corrected chi connectivity index (χ2v) is 8.48. The number of piperidine rings is 1. The number of hydrogen-bond donors (Lipinski definition) is 2. The van der Waals surface area contributed by atoms with E-state index in [1.54, 1.807) is 0 Å². The van der Waals surface area contributed by atoms with Gasteiger partial charge in [0.25, 0.3) is 0 Å². The lowest BCUT2D eigenvalue weighted by Crippen LogP contribution is -2.47. The van der Waals surface area contributed by atoms with Crippen LogP contribution < -0.4 is 10.9 Å². The maximum Gasteiger partial charge on any atom is 0.222 e. The van der Waals surface area contributed by atoms with Crippen LogP contribution in [0.25, 0.3) is 0 Å². The van der Waals surface area contributed by atoms with Crippen molar-refractivity contribution in [3.05, 3.63) is 35.6 Å². The molecule has 0 unspecified atom stereocenters. The van der Waals surface area contributed by atoms with Crippen LogP contribution in [0.1, 0.15) is 37.7 Å². The van der Waals surface area contributed by atoms with Crippen LogP contribution in [0.4, 0.5) is 4.39 Å². The van der Waals surface area contributed by atoms with Crippen molar-refractivity contribution in [1.82, 2.24) is 20.7 Å². The van der Waals surface area contributed by atoms with Gasteiger partial charge in [-0.15, -0.1) is 0 Å². The number of benzene rings is 1. The lowest BCUT2D eigenvalue weighted by molar-refractivity contribution is -0.135. The highest BCUT2D eigenvalue weighted by Crippen LogP contribution is 2.29. The SMILES string of the molecule is O=C(CCCC1CNNC1)N1C[C@H]2CC[C@@H]1CN(Cc1ccc(F)cc1)C2. The molecule has 0 radical (unpaired) electrons. The fourth-order valence-corrected chi connectivity index (χ4v) is 4.86.